The fourth-order valence-electron chi connectivity index (χ4n) is 3.39. The van der Waals surface area contributed by atoms with Crippen molar-refractivity contribution in [2.24, 2.45) is 11.3 Å². The summed E-state index contributed by atoms with van der Waals surface area (Å²) in [4.78, 5) is 14.8. The van der Waals surface area contributed by atoms with E-state index in [0.717, 1.165) is 45.3 Å². The zero-order valence-electron chi connectivity index (χ0n) is 14.0. The molecule has 1 rings (SSSR count). The molecule has 1 aliphatic rings. The summed E-state index contributed by atoms with van der Waals surface area (Å²) in [7, 11) is 4.23. The minimum Gasteiger partial charge on any atom is -0.354 e. The third-order valence-corrected chi connectivity index (χ3v) is 5.13. The molecule has 0 aromatic heterocycles. The summed E-state index contributed by atoms with van der Waals surface area (Å²) in [5.74, 6) is 0.882. The lowest BCUT2D eigenvalue weighted by Gasteiger charge is -2.33. The van der Waals surface area contributed by atoms with Crippen LogP contribution in [0.2, 0.25) is 0 Å². The third-order valence-electron chi connectivity index (χ3n) is 5.13. The van der Waals surface area contributed by atoms with Crippen molar-refractivity contribution < 1.29 is 4.79 Å². The topological polar surface area (TPSA) is 44.4 Å². The number of likely N-dealkylation sites (N-methyl/N-ethyl adjacent to an activating group) is 1. The van der Waals surface area contributed by atoms with Gasteiger partial charge in [0.25, 0.3) is 0 Å². The van der Waals surface area contributed by atoms with E-state index in [-0.39, 0.29) is 11.3 Å². The fraction of sp³-hybridized carbons (Fsp3) is 0.938. The standard InChI is InChI=1S/C16H33N3O/c1-6-13(7-2)14(19(4)5)11-18-15(20)16(8-3)9-10-17-12-16/h13-14,17H,6-12H2,1-5H3,(H,18,20). The van der Waals surface area contributed by atoms with Crippen LogP contribution >= 0.6 is 0 Å². The molecule has 4 heteroatoms. The highest BCUT2D eigenvalue weighted by Crippen LogP contribution is 2.29. The molecule has 0 bridgehead atoms. The van der Waals surface area contributed by atoms with Crippen LogP contribution in [0.5, 0.6) is 0 Å². The van der Waals surface area contributed by atoms with Crippen molar-refractivity contribution >= 4 is 5.91 Å². The van der Waals surface area contributed by atoms with Gasteiger partial charge in [0, 0.05) is 19.1 Å². The van der Waals surface area contributed by atoms with Crippen molar-refractivity contribution in [3.05, 3.63) is 0 Å². The molecule has 0 radical (unpaired) electrons. The molecule has 0 aliphatic carbocycles. The summed E-state index contributed by atoms with van der Waals surface area (Å²) in [6.07, 6.45) is 4.21. The zero-order chi connectivity index (χ0) is 15.2. The smallest absolute Gasteiger partial charge is 0.227 e. The van der Waals surface area contributed by atoms with Crippen LogP contribution in [-0.4, -0.2) is 50.6 Å². The van der Waals surface area contributed by atoms with Crippen LogP contribution in [0.4, 0.5) is 0 Å². The maximum Gasteiger partial charge on any atom is 0.227 e. The van der Waals surface area contributed by atoms with E-state index < -0.39 is 0 Å². The number of carbonyl (C=O) groups excluding carboxylic acids is 1. The summed E-state index contributed by atoms with van der Waals surface area (Å²) >= 11 is 0. The van der Waals surface area contributed by atoms with Crippen LogP contribution in [0.3, 0.4) is 0 Å². The second kappa shape index (κ2) is 7.99. The summed E-state index contributed by atoms with van der Waals surface area (Å²) in [5, 5.41) is 6.56. The Labute approximate surface area is 124 Å². The highest BCUT2D eigenvalue weighted by atomic mass is 16.2. The van der Waals surface area contributed by atoms with Gasteiger partial charge in [0.2, 0.25) is 5.91 Å². The van der Waals surface area contributed by atoms with E-state index in [4.69, 9.17) is 0 Å². The Bertz CT molecular complexity index is 294. The molecule has 20 heavy (non-hydrogen) atoms. The molecule has 2 N–H and O–H groups in total. The van der Waals surface area contributed by atoms with Gasteiger partial charge in [-0.3, -0.25) is 4.79 Å². The van der Waals surface area contributed by atoms with Crippen molar-refractivity contribution in [1.29, 1.82) is 0 Å². The number of rotatable bonds is 8. The summed E-state index contributed by atoms with van der Waals surface area (Å²) in [5.41, 5.74) is -0.176. The maximum atomic E-state index is 12.6. The van der Waals surface area contributed by atoms with Crippen LogP contribution in [0.1, 0.15) is 46.5 Å². The number of amides is 1. The minimum atomic E-state index is -0.176. The van der Waals surface area contributed by atoms with Gasteiger partial charge in [-0.2, -0.15) is 0 Å². The lowest BCUT2D eigenvalue weighted by atomic mass is 9.83. The molecule has 0 aromatic carbocycles. The van der Waals surface area contributed by atoms with E-state index in [1.54, 1.807) is 0 Å². The lowest BCUT2D eigenvalue weighted by molar-refractivity contribution is -0.130. The molecule has 118 valence electrons. The molecule has 0 aromatic rings. The Morgan fingerprint density at radius 3 is 2.35 bits per heavy atom. The van der Waals surface area contributed by atoms with E-state index >= 15 is 0 Å². The van der Waals surface area contributed by atoms with Crippen LogP contribution in [0.15, 0.2) is 0 Å². The highest BCUT2D eigenvalue weighted by Gasteiger charge is 2.39. The number of hydrogen-bond donors (Lipinski definition) is 2. The summed E-state index contributed by atoms with van der Waals surface area (Å²) in [6.45, 7) is 9.15. The van der Waals surface area contributed by atoms with Crippen LogP contribution in [0.25, 0.3) is 0 Å². The van der Waals surface area contributed by atoms with Gasteiger partial charge in [-0.15, -0.1) is 0 Å². The first-order valence-electron chi connectivity index (χ1n) is 8.16. The van der Waals surface area contributed by atoms with Gasteiger partial charge in [0.1, 0.15) is 0 Å². The van der Waals surface area contributed by atoms with Gasteiger partial charge >= 0.3 is 0 Å². The second-order valence-electron chi connectivity index (χ2n) is 6.38. The first-order chi connectivity index (χ1) is 9.50. The Morgan fingerprint density at radius 2 is 1.95 bits per heavy atom. The largest absolute Gasteiger partial charge is 0.354 e. The molecule has 1 amide bonds. The van der Waals surface area contributed by atoms with Gasteiger partial charge in [0.05, 0.1) is 5.41 Å². The lowest BCUT2D eigenvalue weighted by Crippen LogP contribution is -2.49. The quantitative estimate of drug-likeness (QED) is 0.714. The number of carbonyl (C=O) groups is 1. The van der Waals surface area contributed by atoms with Crippen LogP contribution in [0, 0.1) is 11.3 Å². The monoisotopic (exact) mass is 283 g/mol. The molecule has 2 atom stereocenters. The Morgan fingerprint density at radius 1 is 1.30 bits per heavy atom. The van der Waals surface area contributed by atoms with E-state index in [2.05, 4.69) is 50.4 Å². The average Bonchev–Trinajstić information content (AvgIpc) is 2.92. The Balaban J connectivity index is 2.60. The molecular weight excluding hydrogens is 250 g/mol. The number of nitrogens with zero attached hydrogens (tertiary/aromatic N) is 1. The molecule has 4 nitrogen and oxygen atoms in total. The molecule has 1 fully saturated rings. The predicted molar refractivity (Wildman–Crippen MR) is 84.8 cm³/mol. The predicted octanol–water partition coefficient (Wildman–Crippen LogP) is 1.86. The van der Waals surface area contributed by atoms with Gasteiger partial charge in [-0.05, 0) is 39.4 Å². The second-order valence-corrected chi connectivity index (χ2v) is 6.38. The molecule has 1 heterocycles. The normalized spacial score (nSPS) is 24.4. The zero-order valence-corrected chi connectivity index (χ0v) is 14.0. The molecule has 0 spiro atoms. The highest BCUT2D eigenvalue weighted by molar-refractivity contribution is 5.83. The average molecular weight is 283 g/mol. The van der Waals surface area contributed by atoms with Gasteiger partial charge in [-0.1, -0.05) is 33.6 Å². The molecular formula is C16H33N3O. The minimum absolute atomic E-state index is 0.176. The van der Waals surface area contributed by atoms with E-state index in [1.807, 2.05) is 0 Å². The summed E-state index contributed by atoms with van der Waals surface area (Å²) in [6, 6.07) is 0.428. The van der Waals surface area contributed by atoms with Crippen molar-refractivity contribution in [1.82, 2.24) is 15.5 Å². The Hall–Kier alpha value is -0.610. The van der Waals surface area contributed by atoms with Crippen molar-refractivity contribution in [3.63, 3.8) is 0 Å². The van der Waals surface area contributed by atoms with Gasteiger partial charge in [-0.25, -0.2) is 0 Å². The van der Waals surface area contributed by atoms with Gasteiger partial charge in [0.15, 0.2) is 0 Å². The molecule has 1 saturated heterocycles. The van der Waals surface area contributed by atoms with E-state index in [1.165, 1.54) is 0 Å². The number of hydrogen-bond acceptors (Lipinski definition) is 3. The molecule has 1 aliphatic heterocycles. The SMILES string of the molecule is CCC(CC)C(CNC(=O)C1(CC)CCNC1)N(C)C. The van der Waals surface area contributed by atoms with Crippen molar-refractivity contribution in [2.45, 2.75) is 52.5 Å². The Kier molecular flexibility index (Phi) is 6.96. The van der Waals surface area contributed by atoms with Gasteiger partial charge < -0.3 is 15.5 Å². The molecule has 0 saturated carbocycles. The van der Waals surface area contributed by atoms with Crippen molar-refractivity contribution in [2.75, 3.05) is 33.7 Å². The van der Waals surface area contributed by atoms with Crippen LogP contribution in [-0.2, 0) is 4.79 Å². The third kappa shape index (κ3) is 3.95. The van der Waals surface area contributed by atoms with E-state index in [9.17, 15) is 4.79 Å². The summed E-state index contributed by atoms with van der Waals surface area (Å²) < 4.78 is 0. The maximum absolute atomic E-state index is 12.6. The van der Waals surface area contributed by atoms with Crippen LogP contribution < -0.4 is 10.6 Å². The fourth-order valence-corrected chi connectivity index (χ4v) is 3.39. The molecule has 2 unspecified atom stereocenters. The first kappa shape index (κ1) is 17.4. The first-order valence-corrected chi connectivity index (χ1v) is 8.16. The van der Waals surface area contributed by atoms with Crippen molar-refractivity contribution in [3.8, 4) is 0 Å². The number of nitrogens with one attached hydrogen (secondary N) is 2. The van der Waals surface area contributed by atoms with E-state index in [0.29, 0.717) is 12.0 Å².